The first kappa shape index (κ1) is 25.4. The number of benzene rings is 1. The van der Waals surface area contributed by atoms with Crippen LogP contribution in [0.25, 0.3) is 0 Å². The van der Waals surface area contributed by atoms with Crippen molar-refractivity contribution >= 4 is 33.1 Å². The maximum atomic E-state index is 14.1. The number of sulfone groups is 1. The van der Waals surface area contributed by atoms with Gasteiger partial charge in [-0.3, -0.25) is 4.79 Å². The number of amides is 1. The highest BCUT2D eigenvalue weighted by Crippen LogP contribution is 2.39. The normalized spacial score (nSPS) is 17.3. The Morgan fingerprint density at radius 1 is 1.17 bits per heavy atom. The zero-order valence-corrected chi connectivity index (χ0v) is 20.5. The number of halogens is 3. The van der Waals surface area contributed by atoms with Gasteiger partial charge >= 0.3 is 0 Å². The number of pyridine rings is 2. The van der Waals surface area contributed by atoms with E-state index in [1.807, 2.05) is 25.7 Å². The number of carbonyl (C=O) groups is 1. The molecule has 36 heavy (non-hydrogen) atoms. The second-order valence-electron chi connectivity index (χ2n) is 9.34. The first-order chi connectivity index (χ1) is 16.8. The van der Waals surface area contributed by atoms with E-state index < -0.39 is 49.4 Å². The van der Waals surface area contributed by atoms with E-state index in [9.17, 15) is 26.4 Å². The minimum absolute atomic E-state index is 0.155. The summed E-state index contributed by atoms with van der Waals surface area (Å²) in [5.41, 5.74) is 4.27. The Morgan fingerprint density at radius 2 is 1.83 bits per heavy atom. The van der Waals surface area contributed by atoms with Crippen LogP contribution < -0.4 is 16.0 Å². The van der Waals surface area contributed by atoms with Crippen LogP contribution in [-0.4, -0.2) is 36.4 Å². The number of aromatic nitrogens is 2. The molecule has 1 unspecified atom stereocenters. The number of nitrogens with two attached hydrogens (primary N) is 1. The highest BCUT2D eigenvalue weighted by atomic mass is 32.2. The SMILES string of the molecule is CC1CN(c2nccc(S(=O)(=O)c3cccc(Nc4c(F)cc(F)cc4F)n3)c2C(N)=O)C(C)(C)C1. The molecule has 3 N–H and O–H groups in total. The van der Waals surface area contributed by atoms with E-state index in [0.717, 1.165) is 12.5 Å². The summed E-state index contributed by atoms with van der Waals surface area (Å²) in [7, 11) is -4.43. The van der Waals surface area contributed by atoms with Gasteiger partial charge in [0.15, 0.2) is 16.7 Å². The van der Waals surface area contributed by atoms with Crippen LogP contribution in [0.3, 0.4) is 0 Å². The summed E-state index contributed by atoms with van der Waals surface area (Å²) in [6.45, 7) is 6.53. The summed E-state index contributed by atoms with van der Waals surface area (Å²) >= 11 is 0. The summed E-state index contributed by atoms with van der Waals surface area (Å²) < 4.78 is 68.5. The molecule has 1 aromatic carbocycles. The van der Waals surface area contributed by atoms with Gasteiger partial charge in [0.05, 0.1) is 4.90 Å². The third kappa shape index (κ3) is 4.60. The van der Waals surface area contributed by atoms with Crippen molar-refractivity contribution in [3.8, 4) is 0 Å². The molecule has 1 saturated heterocycles. The molecule has 0 spiro atoms. The molecule has 1 aliphatic rings. The summed E-state index contributed by atoms with van der Waals surface area (Å²) in [5, 5.41) is 1.84. The van der Waals surface area contributed by atoms with Gasteiger partial charge in [0.25, 0.3) is 5.91 Å². The van der Waals surface area contributed by atoms with Gasteiger partial charge in [-0.1, -0.05) is 13.0 Å². The number of primary amides is 1. The number of hydrogen-bond donors (Lipinski definition) is 2. The van der Waals surface area contributed by atoms with Crippen molar-refractivity contribution in [2.45, 2.75) is 42.7 Å². The monoisotopic (exact) mass is 519 g/mol. The molecule has 0 aliphatic carbocycles. The lowest BCUT2D eigenvalue weighted by Crippen LogP contribution is -2.40. The van der Waals surface area contributed by atoms with Crippen LogP contribution in [0.5, 0.6) is 0 Å². The van der Waals surface area contributed by atoms with Gasteiger partial charge in [-0.25, -0.2) is 31.6 Å². The highest BCUT2D eigenvalue weighted by molar-refractivity contribution is 7.91. The van der Waals surface area contributed by atoms with E-state index in [4.69, 9.17) is 5.73 Å². The van der Waals surface area contributed by atoms with E-state index in [-0.39, 0.29) is 28.0 Å². The molecule has 4 rings (SSSR count). The van der Waals surface area contributed by atoms with Crippen molar-refractivity contribution in [2.24, 2.45) is 11.7 Å². The standard InChI is InChI=1S/C24H24F3N5O3S/c1-13-11-24(2,3)32(12-13)23-20(22(28)33)17(7-8-29-23)36(34,35)19-6-4-5-18(30-19)31-21-15(26)9-14(25)10-16(21)27/h4-10,13H,11-12H2,1-3H3,(H2,28,33)(H,30,31). The summed E-state index contributed by atoms with van der Waals surface area (Å²) in [6.07, 6.45) is 2.08. The van der Waals surface area contributed by atoms with Gasteiger partial charge in [0.2, 0.25) is 9.84 Å². The van der Waals surface area contributed by atoms with Crippen molar-refractivity contribution in [1.82, 2.24) is 9.97 Å². The molecular weight excluding hydrogens is 495 g/mol. The molecule has 190 valence electrons. The van der Waals surface area contributed by atoms with E-state index in [1.165, 1.54) is 24.4 Å². The molecule has 1 atom stereocenters. The fourth-order valence-electron chi connectivity index (χ4n) is 4.59. The van der Waals surface area contributed by atoms with E-state index in [0.29, 0.717) is 18.7 Å². The lowest BCUT2D eigenvalue weighted by atomic mass is 9.97. The van der Waals surface area contributed by atoms with Crippen LogP contribution in [0.1, 0.15) is 37.6 Å². The first-order valence-corrected chi connectivity index (χ1v) is 12.5. The molecule has 2 aromatic heterocycles. The minimum atomic E-state index is -4.43. The third-order valence-electron chi connectivity index (χ3n) is 6.02. The van der Waals surface area contributed by atoms with Crippen molar-refractivity contribution in [2.75, 3.05) is 16.8 Å². The zero-order chi connectivity index (χ0) is 26.4. The Morgan fingerprint density at radius 3 is 2.42 bits per heavy atom. The number of nitrogens with one attached hydrogen (secondary N) is 1. The van der Waals surface area contributed by atoms with Crippen LogP contribution in [0, 0.1) is 23.4 Å². The number of carbonyl (C=O) groups excluding carboxylic acids is 1. The largest absolute Gasteiger partial charge is 0.365 e. The molecule has 8 nitrogen and oxygen atoms in total. The lowest BCUT2D eigenvalue weighted by Gasteiger charge is -2.33. The molecule has 12 heteroatoms. The predicted octanol–water partition coefficient (Wildman–Crippen LogP) is 4.19. The Kier molecular flexibility index (Phi) is 6.41. The summed E-state index contributed by atoms with van der Waals surface area (Å²) in [5.74, 6) is -4.31. The Labute approximate surface area is 206 Å². The van der Waals surface area contributed by atoms with E-state index in [2.05, 4.69) is 15.3 Å². The lowest BCUT2D eigenvalue weighted by molar-refractivity contribution is 0.0997. The van der Waals surface area contributed by atoms with Crippen LogP contribution in [0.4, 0.5) is 30.5 Å². The fraction of sp³-hybridized carbons (Fsp3) is 0.292. The minimum Gasteiger partial charge on any atom is -0.365 e. The van der Waals surface area contributed by atoms with Crippen molar-refractivity contribution in [3.05, 3.63) is 65.6 Å². The smallest absolute Gasteiger partial charge is 0.253 e. The maximum Gasteiger partial charge on any atom is 0.253 e. The fourth-order valence-corrected chi connectivity index (χ4v) is 5.99. The number of nitrogens with zero attached hydrogens (tertiary/aromatic N) is 3. The molecule has 1 fully saturated rings. The molecule has 1 aliphatic heterocycles. The van der Waals surface area contributed by atoms with Gasteiger partial charge in [0, 0.05) is 30.4 Å². The molecular formula is C24H24F3N5O3S. The van der Waals surface area contributed by atoms with Crippen molar-refractivity contribution < 1.29 is 26.4 Å². The van der Waals surface area contributed by atoms with Gasteiger partial charge in [0.1, 0.15) is 28.7 Å². The Balaban J connectivity index is 1.79. The van der Waals surface area contributed by atoms with E-state index >= 15 is 0 Å². The number of rotatable bonds is 6. The average Bonchev–Trinajstić information content (AvgIpc) is 3.07. The number of anilines is 3. The molecule has 3 aromatic rings. The van der Waals surface area contributed by atoms with Crippen LogP contribution in [0.15, 0.2) is 52.5 Å². The van der Waals surface area contributed by atoms with E-state index in [1.54, 1.807) is 0 Å². The molecule has 1 amide bonds. The second kappa shape index (κ2) is 9.08. The van der Waals surface area contributed by atoms with Crippen molar-refractivity contribution in [1.29, 1.82) is 0 Å². The van der Waals surface area contributed by atoms with Gasteiger partial charge < -0.3 is 16.0 Å². The second-order valence-corrected chi connectivity index (χ2v) is 11.2. The third-order valence-corrected chi connectivity index (χ3v) is 7.71. The van der Waals surface area contributed by atoms with Crippen molar-refractivity contribution in [3.63, 3.8) is 0 Å². The molecule has 0 radical (unpaired) electrons. The Bertz CT molecular complexity index is 1440. The topological polar surface area (TPSA) is 118 Å². The van der Waals surface area contributed by atoms with Crippen LogP contribution >= 0.6 is 0 Å². The average molecular weight is 520 g/mol. The zero-order valence-electron chi connectivity index (χ0n) is 19.7. The van der Waals surface area contributed by atoms with Crippen LogP contribution in [0.2, 0.25) is 0 Å². The number of hydrogen-bond acceptors (Lipinski definition) is 7. The molecule has 3 heterocycles. The quantitative estimate of drug-likeness (QED) is 0.501. The van der Waals surface area contributed by atoms with Gasteiger partial charge in [-0.15, -0.1) is 0 Å². The Hall–Kier alpha value is -3.67. The first-order valence-electron chi connectivity index (χ1n) is 11.0. The predicted molar refractivity (Wildman–Crippen MR) is 127 cm³/mol. The van der Waals surface area contributed by atoms with Gasteiger partial charge in [-0.2, -0.15) is 0 Å². The highest BCUT2D eigenvalue weighted by Gasteiger charge is 2.40. The van der Waals surface area contributed by atoms with Gasteiger partial charge in [-0.05, 0) is 44.4 Å². The maximum absolute atomic E-state index is 14.1. The summed E-state index contributed by atoms with van der Waals surface area (Å²) in [4.78, 5) is 22.3. The molecule has 0 saturated carbocycles. The van der Waals surface area contributed by atoms with Crippen LogP contribution in [-0.2, 0) is 9.84 Å². The molecule has 0 bridgehead atoms. The summed E-state index contributed by atoms with van der Waals surface area (Å²) in [6, 6.07) is 5.87.